The lowest BCUT2D eigenvalue weighted by Gasteiger charge is -1.98. The molecule has 0 unspecified atom stereocenters. The number of nitrogens with zero attached hydrogens (tertiary/aromatic N) is 3. The van der Waals surface area contributed by atoms with Crippen molar-refractivity contribution >= 4 is 45.0 Å². The Morgan fingerprint density at radius 1 is 1.12 bits per heavy atom. The predicted octanol–water partition coefficient (Wildman–Crippen LogP) is 4.87. The molecule has 5 nitrogen and oxygen atoms in total. The molecule has 0 fully saturated rings. The average Bonchev–Trinajstić information content (AvgIpc) is 3.37. The summed E-state index contributed by atoms with van der Waals surface area (Å²) < 4.78 is 0. The number of hydrogen-bond acceptors (Lipinski definition) is 7. The first kappa shape index (κ1) is 17.0. The molecule has 0 atom stereocenters. The van der Waals surface area contributed by atoms with Gasteiger partial charge in [0.05, 0.1) is 5.69 Å². The highest BCUT2D eigenvalue weighted by Gasteiger charge is 2.18. The van der Waals surface area contributed by atoms with E-state index in [4.69, 9.17) is 0 Å². The number of hydrogen-bond donors (Lipinski definition) is 1. The van der Waals surface area contributed by atoms with Gasteiger partial charge < -0.3 is 0 Å². The third-order valence-corrected chi connectivity index (χ3v) is 6.38. The Hall–Kier alpha value is -2.42. The molecular weight excluding hydrogens is 384 g/mol. The molecular formula is C18H14N4OS3. The molecule has 0 spiro atoms. The Balaban J connectivity index is 1.47. The van der Waals surface area contributed by atoms with Gasteiger partial charge in [-0.1, -0.05) is 41.7 Å². The van der Waals surface area contributed by atoms with E-state index in [1.807, 2.05) is 54.1 Å². The van der Waals surface area contributed by atoms with E-state index in [0.29, 0.717) is 16.4 Å². The zero-order chi connectivity index (χ0) is 17.9. The van der Waals surface area contributed by atoms with Gasteiger partial charge >= 0.3 is 0 Å². The zero-order valence-electron chi connectivity index (χ0n) is 13.8. The van der Waals surface area contributed by atoms with E-state index in [1.54, 1.807) is 11.3 Å². The van der Waals surface area contributed by atoms with Crippen LogP contribution in [0.3, 0.4) is 0 Å². The highest BCUT2D eigenvalue weighted by atomic mass is 32.1. The molecule has 8 heteroatoms. The number of thiazole rings is 1. The molecule has 26 heavy (non-hydrogen) atoms. The number of amides is 1. The smallest absolute Gasteiger partial charge is 0.269 e. The van der Waals surface area contributed by atoms with Crippen LogP contribution in [0.1, 0.15) is 25.9 Å². The first-order chi connectivity index (χ1) is 12.7. The van der Waals surface area contributed by atoms with Crippen LogP contribution >= 0.6 is 34.0 Å². The van der Waals surface area contributed by atoms with Crippen molar-refractivity contribution in [2.75, 3.05) is 5.32 Å². The van der Waals surface area contributed by atoms with Crippen molar-refractivity contribution < 1.29 is 4.79 Å². The van der Waals surface area contributed by atoms with Gasteiger partial charge in [-0.3, -0.25) is 10.1 Å². The molecule has 4 aromatic rings. The Morgan fingerprint density at radius 3 is 2.73 bits per heavy atom. The normalized spacial score (nSPS) is 10.8. The summed E-state index contributed by atoms with van der Waals surface area (Å²) in [5, 5.41) is 17.4. The third kappa shape index (κ3) is 3.72. The van der Waals surface area contributed by atoms with E-state index in [1.165, 1.54) is 28.2 Å². The van der Waals surface area contributed by atoms with E-state index >= 15 is 0 Å². The van der Waals surface area contributed by atoms with Gasteiger partial charge in [-0.15, -0.1) is 21.5 Å². The van der Waals surface area contributed by atoms with Crippen LogP contribution in [0.5, 0.6) is 0 Å². The fraction of sp³-hybridized carbons (Fsp3) is 0.111. The highest BCUT2D eigenvalue weighted by molar-refractivity contribution is 7.18. The molecule has 3 heterocycles. The van der Waals surface area contributed by atoms with Crippen molar-refractivity contribution in [3.8, 4) is 10.6 Å². The van der Waals surface area contributed by atoms with Crippen molar-refractivity contribution in [2.24, 2.45) is 0 Å². The van der Waals surface area contributed by atoms with Gasteiger partial charge in [0.2, 0.25) is 5.13 Å². The quantitative estimate of drug-likeness (QED) is 0.520. The second kappa shape index (κ2) is 7.45. The lowest BCUT2D eigenvalue weighted by Crippen LogP contribution is -2.11. The van der Waals surface area contributed by atoms with Crippen LogP contribution < -0.4 is 5.32 Å². The Bertz CT molecular complexity index is 1020. The molecule has 1 N–H and O–H groups in total. The summed E-state index contributed by atoms with van der Waals surface area (Å²) in [5.41, 5.74) is 2.94. The summed E-state index contributed by atoms with van der Waals surface area (Å²) in [5.74, 6) is -0.191. The average molecular weight is 399 g/mol. The molecule has 0 aliphatic heterocycles. The second-order valence-electron chi connectivity index (χ2n) is 5.56. The van der Waals surface area contributed by atoms with Crippen LogP contribution in [-0.2, 0) is 6.42 Å². The van der Waals surface area contributed by atoms with Crippen LogP contribution in [0.2, 0.25) is 0 Å². The Labute approximate surface area is 162 Å². The van der Waals surface area contributed by atoms with E-state index < -0.39 is 0 Å². The number of aryl methyl sites for hydroxylation is 1. The fourth-order valence-corrected chi connectivity index (χ4v) is 4.86. The van der Waals surface area contributed by atoms with Crippen molar-refractivity contribution in [1.29, 1.82) is 0 Å². The van der Waals surface area contributed by atoms with Gasteiger partial charge in [0.25, 0.3) is 5.91 Å². The minimum Gasteiger partial charge on any atom is -0.296 e. The molecule has 3 aromatic heterocycles. The summed E-state index contributed by atoms with van der Waals surface area (Å²) in [4.78, 5) is 17.7. The number of anilines is 1. The topological polar surface area (TPSA) is 67.8 Å². The van der Waals surface area contributed by atoms with Gasteiger partial charge in [-0.25, -0.2) is 4.98 Å². The van der Waals surface area contributed by atoms with Crippen LogP contribution in [0, 0.1) is 6.92 Å². The number of carbonyl (C=O) groups excluding carboxylic acids is 1. The fourth-order valence-electron chi connectivity index (χ4n) is 2.42. The maximum atomic E-state index is 12.6. The number of thiophene rings is 1. The number of aromatic nitrogens is 3. The lowest BCUT2D eigenvalue weighted by atomic mass is 10.2. The SMILES string of the molecule is Cc1nc(-c2ccsc2)sc1C(=O)Nc1nnc(Cc2ccccc2)s1. The zero-order valence-corrected chi connectivity index (χ0v) is 16.3. The van der Waals surface area contributed by atoms with Crippen LogP contribution in [0.15, 0.2) is 47.2 Å². The number of nitrogens with one attached hydrogen (secondary N) is 1. The van der Waals surface area contributed by atoms with E-state index in [-0.39, 0.29) is 5.91 Å². The van der Waals surface area contributed by atoms with E-state index in [0.717, 1.165) is 21.3 Å². The Kier molecular flexibility index (Phi) is 4.87. The number of benzene rings is 1. The molecule has 1 amide bonds. The molecule has 0 aliphatic rings. The van der Waals surface area contributed by atoms with Crippen molar-refractivity contribution in [2.45, 2.75) is 13.3 Å². The maximum absolute atomic E-state index is 12.6. The van der Waals surface area contributed by atoms with E-state index in [9.17, 15) is 4.79 Å². The summed E-state index contributed by atoms with van der Waals surface area (Å²) >= 11 is 4.40. The largest absolute Gasteiger partial charge is 0.296 e. The molecule has 4 rings (SSSR count). The number of rotatable bonds is 5. The molecule has 0 radical (unpaired) electrons. The second-order valence-corrected chi connectivity index (χ2v) is 8.40. The Morgan fingerprint density at radius 2 is 1.96 bits per heavy atom. The standard InChI is InChI=1S/C18H14N4OS3/c1-11-15(26-17(19-11)13-7-8-24-10-13)16(23)20-18-22-21-14(25-18)9-12-5-3-2-4-6-12/h2-8,10H,9H2,1H3,(H,20,22,23). The summed E-state index contributed by atoms with van der Waals surface area (Å²) in [7, 11) is 0. The monoisotopic (exact) mass is 398 g/mol. The molecule has 0 saturated heterocycles. The van der Waals surface area contributed by atoms with E-state index in [2.05, 4.69) is 20.5 Å². The molecule has 0 saturated carbocycles. The van der Waals surface area contributed by atoms with Crippen molar-refractivity contribution in [3.63, 3.8) is 0 Å². The third-order valence-electron chi connectivity index (χ3n) is 3.66. The summed E-state index contributed by atoms with van der Waals surface area (Å²) in [6.07, 6.45) is 0.705. The van der Waals surface area contributed by atoms with Crippen molar-refractivity contribution in [1.82, 2.24) is 15.2 Å². The molecule has 0 aliphatic carbocycles. The highest BCUT2D eigenvalue weighted by Crippen LogP contribution is 2.30. The van der Waals surface area contributed by atoms with Gasteiger partial charge in [0.15, 0.2) is 0 Å². The first-order valence-electron chi connectivity index (χ1n) is 7.86. The van der Waals surface area contributed by atoms with Gasteiger partial charge in [0.1, 0.15) is 14.9 Å². The van der Waals surface area contributed by atoms with Crippen molar-refractivity contribution in [3.05, 3.63) is 68.3 Å². The molecule has 1 aromatic carbocycles. The predicted molar refractivity (Wildman–Crippen MR) is 107 cm³/mol. The maximum Gasteiger partial charge on any atom is 0.269 e. The van der Waals surface area contributed by atoms with Crippen LogP contribution in [-0.4, -0.2) is 21.1 Å². The van der Waals surface area contributed by atoms with Crippen LogP contribution in [0.25, 0.3) is 10.6 Å². The lowest BCUT2D eigenvalue weighted by molar-refractivity contribution is 0.102. The minimum absolute atomic E-state index is 0.191. The first-order valence-corrected chi connectivity index (χ1v) is 10.4. The van der Waals surface area contributed by atoms with Crippen LogP contribution in [0.4, 0.5) is 5.13 Å². The molecule has 0 bridgehead atoms. The minimum atomic E-state index is -0.191. The van der Waals surface area contributed by atoms with Gasteiger partial charge in [-0.2, -0.15) is 11.3 Å². The summed E-state index contributed by atoms with van der Waals surface area (Å²) in [6.45, 7) is 1.85. The summed E-state index contributed by atoms with van der Waals surface area (Å²) in [6, 6.07) is 12.1. The van der Waals surface area contributed by atoms with Gasteiger partial charge in [-0.05, 0) is 23.9 Å². The number of carbonyl (C=O) groups is 1. The van der Waals surface area contributed by atoms with Gasteiger partial charge in [0, 0.05) is 17.4 Å². The molecule has 130 valence electrons.